The van der Waals surface area contributed by atoms with E-state index in [1.54, 1.807) is 4.57 Å². The predicted molar refractivity (Wildman–Crippen MR) is 121 cm³/mol. The fraction of sp³-hybridized carbons (Fsp3) is 0.417. The molecular weight excluding hydrogens is 402 g/mol. The van der Waals surface area contributed by atoms with Crippen molar-refractivity contribution in [1.82, 2.24) is 34.2 Å². The summed E-state index contributed by atoms with van der Waals surface area (Å²) in [5.74, 6) is 1.18. The minimum absolute atomic E-state index is 0.0630. The van der Waals surface area contributed by atoms with Gasteiger partial charge in [-0.2, -0.15) is 4.98 Å². The van der Waals surface area contributed by atoms with Gasteiger partial charge in [-0.3, -0.25) is 14.5 Å². The normalized spacial score (nSPS) is 19.8. The number of nitrogens with zero attached hydrogens (tertiary/aromatic N) is 6. The van der Waals surface area contributed by atoms with Crippen LogP contribution >= 0.6 is 0 Å². The second-order valence-corrected chi connectivity index (χ2v) is 9.46. The number of aromatic amines is 1. The van der Waals surface area contributed by atoms with Crippen LogP contribution in [0.4, 0.5) is 0 Å². The van der Waals surface area contributed by atoms with Crippen LogP contribution in [0.1, 0.15) is 61.3 Å². The Morgan fingerprint density at radius 1 is 1.22 bits per heavy atom. The molecule has 6 rings (SSSR count). The number of aromatic nitrogens is 6. The zero-order chi connectivity index (χ0) is 21.9. The van der Waals surface area contributed by atoms with Crippen LogP contribution in [0.3, 0.4) is 0 Å². The van der Waals surface area contributed by atoms with E-state index in [9.17, 15) is 4.79 Å². The maximum Gasteiger partial charge on any atom is 0.291 e. The number of piperidine rings is 1. The summed E-state index contributed by atoms with van der Waals surface area (Å²) in [7, 11) is 0. The second kappa shape index (κ2) is 7.05. The van der Waals surface area contributed by atoms with Crippen LogP contribution in [-0.2, 0) is 0 Å². The third kappa shape index (κ3) is 2.97. The number of rotatable bonds is 4. The molecular formula is C24H27N7O. The van der Waals surface area contributed by atoms with E-state index >= 15 is 0 Å². The molecule has 4 aromatic heterocycles. The Balaban J connectivity index is 1.27. The van der Waals surface area contributed by atoms with E-state index in [0.29, 0.717) is 23.7 Å². The highest BCUT2D eigenvalue weighted by Crippen LogP contribution is 2.60. The monoisotopic (exact) mass is 429 g/mol. The summed E-state index contributed by atoms with van der Waals surface area (Å²) in [6.07, 6.45) is 11.2. The molecule has 1 atom stereocenters. The summed E-state index contributed by atoms with van der Waals surface area (Å²) in [4.78, 5) is 24.3. The van der Waals surface area contributed by atoms with Gasteiger partial charge in [0.2, 0.25) is 5.82 Å². The van der Waals surface area contributed by atoms with Crippen molar-refractivity contribution >= 4 is 16.9 Å². The van der Waals surface area contributed by atoms with E-state index in [2.05, 4.69) is 50.8 Å². The van der Waals surface area contributed by atoms with Gasteiger partial charge in [-0.15, -0.1) is 5.10 Å². The highest BCUT2D eigenvalue weighted by molar-refractivity contribution is 5.91. The lowest BCUT2D eigenvalue weighted by atomic mass is 9.77. The minimum Gasteiger partial charge on any atom is -0.335 e. The maximum atomic E-state index is 13.2. The average molecular weight is 430 g/mol. The molecule has 2 aliphatic rings. The van der Waals surface area contributed by atoms with Crippen molar-refractivity contribution in [3.8, 4) is 5.95 Å². The first kappa shape index (κ1) is 19.3. The number of nitrogens with one attached hydrogen (secondary N) is 1. The molecule has 8 nitrogen and oxygen atoms in total. The summed E-state index contributed by atoms with van der Waals surface area (Å²) < 4.78 is 4.08. The number of carbonyl (C=O) groups is 1. The topological polar surface area (TPSA) is 84.6 Å². The van der Waals surface area contributed by atoms with Crippen molar-refractivity contribution in [1.29, 1.82) is 0 Å². The Morgan fingerprint density at radius 3 is 2.78 bits per heavy atom. The fourth-order valence-electron chi connectivity index (χ4n) is 5.35. The molecule has 2 fully saturated rings. The Labute approximate surface area is 186 Å². The van der Waals surface area contributed by atoms with Gasteiger partial charge in [0.1, 0.15) is 5.65 Å². The van der Waals surface area contributed by atoms with E-state index in [1.807, 2.05) is 41.7 Å². The van der Waals surface area contributed by atoms with Crippen LogP contribution in [0.15, 0.2) is 49.1 Å². The van der Waals surface area contributed by atoms with E-state index < -0.39 is 0 Å². The van der Waals surface area contributed by atoms with Crippen LogP contribution in [0.5, 0.6) is 0 Å². The fourth-order valence-corrected chi connectivity index (χ4v) is 5.35. The summed E-state index contributed by atoms with van der Waals surface area (Å²) in [5.41, 5.74) is 2.61. The van der Waals surface area contributed by atoms with Crippen LogP contribution < -0.4 is 0 Å². The summed E-state index contributed by atoms with van der Waals surface area (Å²) in [5, 5.41) is 8.30. The lowest BCUT2D eigenvalue weighted by Crippen LogP contribution is -2.44. The number of hydrogen-bond donors (Lipinski definition) is 1. The molecule has 0 radical (unpaired) electrons. The number of pyridine rings is 1. The average Bonchev–Trinajstić information content (AvgIpc) is 3.25. The van der Waals surface area contributed by atoms with Crippen molar-refractivity contribution < 1.29 is 4.79 Å². The Hall–Kier alpha value is -3.42. The first-order chi connectivity index (χ1) is 15.6. The zero-order valence-corrected chi connectivity index (χ0v) is 18.4. The molecule has 1 aliphatic carbocycles. The molecule has 1 saturated carbocycles. The van der Waals surface area contributed by atoms with Gasteiger partial charge in [-0.05, 0) is 74.3 Å². The van der Waals surface area contributed by atoms with Gasteiger partial charge in [0.15, 0.2) is 0 Å². The number of likely N-dealkylation sites (tertiary alicyclic amines) is 1. The molecule has 164 valence electrons. The first-order valence-corrected chi connectivity index (χ1v) is 11.4. The van der Waals surface area contributed by atoms with Gasteiger partial charge < -0.3 is 9.47 Å². The lowest BCUT2D eigenvalue weighted by molar-refractivity contribution is 0.0612. The largest absolute Gasteiger partial charge is 0.335 e. The number of hydrogen-bond acceptors (Lipinski definition) is 4. The molecule has 1 amide bonds. The second-order valence-electron chi connectivity index (χ2n) is 9.46. The Bertz CT molecular complexity index is 1280. The number of carbonyl (C=O) groups excluding carboxylic acids is 1. The number of H-pyrrole nitrogens is 1. The molecule has 8 heteroatoms. The highest BCUT2D eigenvalue weighted by Gasteiger charge is 2.54. The van der Waals surface area contributed by atoms with Crippen molar-refractivity contribution in [2.24, 2.45) is 5.41 Å². The van der Waals surface area contributed by atoms with Gasteiger partial charge in [0.05, 0.1) is 0 Å². The van der Waals surface area contributed by atoms with Gasteiger partial charge in [-0.25, -0.2) is 4.98 Å². The third-order valence-corrected chi connectivity index (χ3v) is 7.18. The Kier molecular flexibility index (Phi) is 4.25. The van der Waals surface area contributed by atoms with Crippen molar-refractivity contribution in [2.45, 2.75) is 45.1 Å². The Morgan fingerprint density at radius 2 is 2.03 bits per heavy atom. The maximum absolute atomic E-state index is 13.2. The van der Waals surface area contributed by atoms with Gasteiger partial charge >= 0.3 is 0 Å². The van der Waals surface area contributed by atoms with Crippen LogP contribution in [0.25, 0.3) is 17.0 Å². The molecule has 32 heavy (non-hydrogen) atoms. The SMILES string of the molecule is CC(C)n1cc(C2CCN(C(=O)c3nc(-n4cccc4)n[nH]3)CC23CC3)c2cccnc21. The van der Waals surface area contributed by atoms with E-state index in [4.69, 9.17) is 0 Å². The van der Waals surface area contributed by atoms with Crippen LogP contribution in [-0.4, -0.2) is 53.2 Å². The highest BCUT2D eigenvalue weighted by atomic mass is 16.2. The third-order valence-electron chi connectivity index (χ3n) is 7.18. The molecule has 1 saturated heterocycles. The number of amides is 1. The van der Waals surface area contributed by atoms with Crippen molar-refractivity contribution in [2.75, 3.05) is 13.1 Å². The van der Waals surface area contributed by atoms with Gasteiger partial charge in [0, 0.05) is 49.3 Å². The van der Waals surface area contributed by atoms with Gasteiger partial charge in [-0.1, -0.05) is 0 Å². The van der Waals surface area contributed by atoms with Crippen molar-refractivity contribution in [3.63, 3.8) is 0 Å². The molecule has 1 aliphatic heterocycles. The smallest absolute Gasteiger partial charge is 0.291 e. The van der Waals surface area contributed by atoms with E-state index in [1.165, 1.54) is 10.9 Å². The molecule has 1 N–H and O–H groups in total. The predicted octanol–water partition coefficient (Wildman–Crippen LogP) is 3.94. The number of fused-ring (bicyclic) bond motifs is 1. The zero-order valence-electron chi connectivity index (χ0n) is 18.4. The van der Waals surface area contributed by atoms with Crippen LogP contribution in [0, 0.1) is 5.41 Å². The summed E-state index contributed by atoms with van der Waals surface area (Å²) >= 11 is 0. The molecule has 1 unspecified atom stereocenters. The van der Waals surface area contributed by atoms with Crippen LogP contribution in [0.2, 0.25) is 0 Å². The molecule has 0 bridgehead atoms. The summed E-state index contributed by atoms with van der Waals surface area (Å²) in [6, 6.07) is 8.40. The van der Waals surface area contributed by atoms with Crippen molar-refractivity contribution in [3.05, 3.63) is 60.4 Å². The lowest BCUT2D eigenvalue weighted by Gasteiger charge is -2.39. The first-order valence-electron chi connectivity index (χ1n) is 11.4. The molecule has 4 aromatic rings. The van der Waals surface area contributed by atoms with E-state index in [-0.39, 0.29) is 11.3 Å². The van der Waals surface area contributed by atoms with Gasteiger partial charge in [0.25, 0.3) is 11.9 Å². The van der Waals surface area contributed by atoms with E-state index in [0.717, 1.165) is 38.0 Å². The molecule has 0 aromatic carbocycles. The minimum atomic E-state index is -0.0630. The quantitative estimate of drug-likeness (QED) is 0.533. The summed E-state index contributed by atoms with van der Waals surface area (Å²) in [6.45, 7) is 5.89. The molecule has 5 heterocycles. The molecule has 1 spiro atoms. The standard InChI is InChI=1S/C24H27N7O/c1-16(2)31-14-18(17-6-5-10-25-21(17)31)19-7-13-30(15-24(19)8-9-24)22(32)20-26-23(28-27-20)29-11-3-4-12-29/h3-6,10-12,14,16,19H,7-9,13,15H2,1-2H3,(H,26,27,28).